The second kappa shape index (κ2) is 14.3. The molecule has 1 heterocycles. The van der Waals surface area contributed by atoms with Crippen LogP contribution in [-0.2, 0) is 9.53 Å². The molecule has 6 nitrogen and oxygen atoms in total. The Balaban J connectivity index is 2.34. The first-order chi connectivity index (χ1) is 13.4. The summed E-state index contributed by atoms with van der Waals surface area (Å²) in [6, 6.07) is 0. The second-order valence-corrected chi connectivity index (χ2v) is 6.92. The molecule has 0 unspecified atom stereocenters. The summed E-state index contributed by atoms with van der Waals surface area (Å²) in [4.78, 5) is 10.4. The Labute approximate surface area is 167 Å². The Morgan fingerprint density at radius 3 is 2.54 bits per heavy atom. The van der Waals surface area contributed by atoms with Crippen LogP contribution >= 0.6 is 0 Å². The number of carbonyl (C=O) groups is 1. The van der Waals surface area contributed by atoms with Crippen molar-refractivity contribution in [3.63, 3.8) is 0 Å². The summed E-state index contributed by atoms with van der Waals surface area (Å²) in [6.45, 7) is 2.08. The third kappa shape index (κ3) is 10.6. The zero-order valence-electron chi connectivity index (χ0n) is 16.6. The lowest BCUT2D eigenvalue weighted by molar-refractivity contribution is -0.136. The predicted octanol–water partition coefficient (Wildman–Crippen LogP) is 2.90. The van der Waals surface area contributed by atoms with E-state index in [1.807, 2.05) is 12.2 Å². The third-order valence-electron chi connectivity index (χ3n) is 4.42. The van der Waals surface area contributed by atoms with Gasteiger partial charge in [0.15, 0.2) is 0 Å². The van der Waals surface area contributed by atoms with Gasteiger partial charge in [0.2, 0.25) is 0 Å². The molecule has 1 rings (SSSR count). The van der Waals surface area contributed by atoms with E-state index in [4.69, 9.17) is 9.84 Å². The Morgan fingerprint density at radius 1 is 1.11 bits per heavy atom. The molecule has 5 atom stereocenters. The number of carboxylic acid groups (broad SMARTS) is 1. The molecule has 0 amide bonds. The van der Waals surface area contributed by atoms with Gasteiger partial charge in [-0.2, -0.15) is 0 Å². The lowest BCUT2D eigenvalue weighted by atomic mass is 10.0. The fourth-order valence-corrected chi connectivity index (χ4v) is 2.84. The molecule has 1 aliphatic heterocycles. The number of carboxylic acids is 1. The molecule has 28 heavy (non-hydrogen) atoms. The van der Waals surface area contributed by atoms with Crippen LogP contribution in [0.4, 0.5) is 0 Å². The highest BCUT2D eigenvalue weighted by Crippen LogP contribution is 2.25. The van der Waals surface area contributed by atoms with Gasteiger partial charge in [0, 0.05) is 12.8 Å². The Bertz CT molecular complexity index is 551. The van der Waals surface area contributed by atoms with Crippen LogP contribution in [0, 0.1) is 0 Å². The van der Waals surface area contributed by atoms with Gasteiger partial charge in [-0.3, -0.25) is 4.79 Å². The highest BCUT2D eigenvalue weighted by molar-refractivity contribution is 5.66. The van der Waals surface area contributed by atoms with Crippen LogP contribution < -0.4 is 0 Å². The number of aliphatic carboxylic acids is 1. The van der Waals surface area contributed by atoms with Crippen LogP contribution in [-0.4, -0.2) is 56.9 Å². The highest BCUT2D eigenvalue weighted by Gasteiger charge is 2.35. The van der Waals surface area contributed by atoms with E-state index in [9.17, 15) is 20.1 Å². The van der Waals surface area contributed by atoms with Gasteiger partial charge in [-0.15, -0.1) is 0 Å². The minimum Gasteiger partial charge on any atom is -0.481 e. The van der Waals surface area contributed by atoms with Crippen LogP contribution in [0.2, 0.25) is 0 Å². The number of rotatable bonds is 13. The Hall–Kier alpha value is -1.73. The molecular weight excluding hydrogens is 360 g/mol. The summed E-state index contributed by atoms with van der Waals surface area (Å²) in [5.74, 6) is -0.849. The number of allylic oxidation sites excluding steroid dienone is 4. The van der Waals surface area contributed by atoms with Crippen molar-refractivity contribution >= 4 is 5.97 Å². The summed E-state index contributed by atoms with van der Waals surface area (Å²) in [7, 11) is 0. The molecule has 0 aliphatic carbocycles. The van der Waals surface area contributed by atoms with E-state index in [1.165, 1.54) is 0 Å². The molecule has 1 aliphatic rings. The molecule has 0 aromatic rings. The standard InChI is InChI=1S/C22H34O6/c1-2-3-4-5-6-9-12-18(24)21-16-19(25)20(28-21)15-14-17(23)11-8-7-10-13-22(26)27/h3-4,6-9,14-15,17-21,23-25H,2,5,10-13,16H2,1H3,(H,26,27)/b4-3-,8-7-,9-6-,15-14+/t17-,18+,19+,20-,21-/m1/s1. The van der Waals surface area contributed by atoms with Crippen molar-refractivity contribution in [2.75, 3.05) is 0 Å². The van der Waals surface area contributed by atoms with E-state index in [2.05, 4.69) is 19.1 Å². The number of hydrogen-bond donors (Lipinski definition) is 4. The molecule has 0 bridgehead atoms. The minimum absolute atomic E-state index is 0.0683. The smallest absolute Gasteiger partial charge is 0.303 e. The maximum absolute atomic E-state index is 10.4. The van der Waals surface area contributed by atoms with E-state index >= 15 is 0 Å². The monoisotopic (exact) mass is 394 g/mol. The van der Waals surface area contributed by atoms with Gasteiger partial charge < -0.3 is 25.2 Å². The van der Waals surface area contributed by atoms with E-state index in [-0.39, 0.29) is 6.42 Å². The highest BCUT2D eigenvalue weighted by atomic mass is 16.5. The van der Waals surface area contributed by atoms with E-state index < -0.39 is 36.5 Å². The summed E-state index contributed by atoms with van der Waals surface area (Å²) >= 11 is 0. The van der Waals surface area contributed by atoms with Crippen molar-refractivity contribution in [3.05, 3.63) is 48.6 Å². The summed E-state index contributed by atoms with van der Waals surface area (Å²) in [5, 5.41) is 38.8. The van der Waals surface area contributed by atoms with Crippen LogP contribution in [0.1, 0.15) is 51.9 Å². The van der Waals surface area contributed by atoms with Crippen LogP contribution in [0.15, 0.2) is 48.6 Å². The van der Waals surface area contributed by atoms with Crippen molar-refractivity contribution in [2.24, 2.45) is 0 Å². The van der Waals surface area contributed by atoms with Gasteiger partial charge in [-0.05, 0) is 32.1 Å². The lowest BCUT2D eigenvalue weighted by Crippen LogP contribution is -2.25. The van der Waals surface area contributed by atoms with Crippen molar-refractivity contribution in [2.45, 2.75) is 82.4 Å². The van der Waals surface area contributed by atoms with Crippen molar-refractivity contribution in [1.82, 2.24) is 0 Å². The molecule has 1 fully saturated rings. The fourth-order valence-electron chi connectivity index (χ4n) is 2.84. The average Bonchev–Trinajstić information content (AvgIpc) is 3.03. The first-order valence-electron chi connectivity index (χ1n) is 9.98. The minimum atomic E-state index is -0.849. The van der Waals surface area contributed by atoms with Crippen molar-refractivity contribution in [1.29, 1.82) is 0 Å². The van der Waals surface area contributed by atoms with Gasteiger partial charge >= 0.3 is 5.97 Å². The maximum atomic E-state index is 10.4. The fraction of sp³-hybridized carbons (Fsp3) is 0.591. The molecule has 4 N–H and O–H groups in total. The average molecular weight is 395 g/mol. The van der Waals surface area contributed by atoms with Crippen LogP contribution in [0.5, 0.6) is 0 Å². The van der Waals surface area contributed by atoms with Gasteiger partial charge in [-0.25, -0.2) is 0 Å². The molecule has 0 aromatic carbocycles. The summed E-state index contributed by atoms with van der Waals surface area (Å²) in [6.07, 6.45) is 15.1. The molecule has 6 heteroatoms. The largest absolute Gasteiger partial charge is 0.481 e. The van der Waals surface area contributed by atoms with Crippen LogP contribution in [0.25, 0.3) is 0 Å². The third-order valence-corrected chi connectivity index (χ3v) is 4.42. The van der Waals surface area contributed by atoms with Gasteiger partial charge in [0.05, 0.1) is 24.4 Å². The topological polar surface area (TPSA) is 107 Å². The molecule has 0 radical (unpaired) electrons. The Morgan fingerprint density at radius 2 is 1.82 bits per heavy atom. The summed E-state index contributed by atoms with van der Waals surface area (Å²) < 4.78 is 5.72. The van der Waals surface area contributed by atoms with Crippen molar-refractivity contribution < 1.29 is 30.0 Å². The van der Waals surface area contributed by atoms with Crippen LogP contribution in [0.3, 0.4) is 0 Å². The molecule has 158 valence electrons. The number of aliphatic hydroxyl groups is 3. The number of hydrogen-bond acceptors (Lipinski definition) is 5. The quantitative estimate of drug-likeness (QED) is 0.358. The zero-order chi connectivity index (χ0) is 20.8. The van der Waals surface area contributed by atoms with Gasteiger partial charge in [0.25, 0.3) is 0 Å². The zero-order valence-corrected chi connectivity index (χ0v) is 16.6. The molecule has 0 aromatic heterocycles. The van der Waals surface area contributed by atoms with E-state index in [0.29, 0.717) is 25.7 Å². The summed E-state index contributed by atoms with van der Waals surface area (Å²) in [5.41, 5.74) is 0. The second-order valence-electron chi connectivity index (χ2n) is 6.92. The van der Waals surface area contributed by atoms with Gasteiger partial charge in [-0.1, -0.05) is 55.5 Å². The van der Waals surface area contributed by atoms with Crippen molar-refractivity contribution in [3.8, 4) is 0 Å². The van der Waals surface area contributed by atoms with E-state index in [0.717, 1.165) is 12.8 Å². The maximum Gasteiger partial charge on any atom is 0.303 e. The predicted molar refractivity (Wildman–Crippen MR) is 109 cm³/mol. The first kappa shape index (κ1) is 24.3. The molecule has 0 saturated carbocycles. The Kier molecular flexibility index (Phi) is 12.4. The van der Waals surface area contributed by atoms with Gasteiger partial charge in [0.1, 0.15) is 6.10 Å². The first-order valence-corrected chi connectivity index (χ1v) is 9.98. The molecular formula is C22H34O6. The number of aliphatic hydroxyl groups excluding tert-OH is 3. The lowest BCUT2D eigenvalue weighted by Gasteiger charge is -2.16. The SMILES string of the molecule is CC/C=C\C/C=C\C[C@H](O)[C@H]1C[C@H](O)[C@@H](/C=C/[C@H](O)C/C=C\CCC(=O)O)O1. The number of ether oxygens (including phenoxy) is 1. The normalized spacial score (nSPS) is 25.5. The van der Waals surface area contributed by atoms with E-state index in [1.54, 1.807) is 24.3 Å². The molecule has 0 spiro atoms. The molecule has 1 saturated heterocycles.